The number of benzene rings is 3. The van der Waals surface area contributed by atoms with Gasteiger partial charge in [0.15, 0.2) is 4.80 Å². The Balaban J connectivity index is 1.59. The highest BCUT2D eigenvalue weighted by Gasteiger charge is 2.31. The van der Waals surface area contributed by atoms with Crippen LogP contribution in [-0.4, -0.2) is 50.7 Å². The number of carbonyl (C=O) groups is 2. The summed E-state index contributed by atoms with van der Waals surface area (Å²) >= 11 is 1.20. The highest BCUT2D eigenvalue weighted by atomic mass is 32.1. The van der Waals surface area contributed by atoms with Crippen molar-refractivity contribution in [3.63, 3.8) is 0 Å². The SMILES string of the molecule is COc1ccc(C(=O)/N=c2\scc(-c3ccc(OC(F)(F)F)cc3)n2CCCNC(=O)N(C)c2ccccc2)c(OC)c1. The first-order valence-corrected chi connectivity index (χ1v) is 13.9. The molecule has 1 aromatic heterocycles. The van der Waals surface area contributed by atoms with E-state index in [1.54, 1.807) is 35.2 Å². The number of methoxy groups -OCH3 is 2. The number of anilines is 1. The lowest BCUT2D eigenvalue weighted by molar-refractivity contribution is -0.274. The summed E-state index contributed by atoms with van der Waals surface area (Å²) in [4.78, 5) is 32.0. The number of alkyl halides is 3. The summed E-state index contributed by atoms with van der Waals surface area (Å²) in [5.74, 6) is -0.0926. The van der Waals surface area contributed by atoms with Gasteiger partial charge in [-0.15, -0.1) is 24.5 Å². The van der Waals surface area contributed by atoms with E-state index in [-0.39, 0.29) is 17.3 Å². The first-order valence-electron chi connectivity index (χ1n) is 13.0. The Hall–Kier alpha value is -4.78. The molecule has 0 fully saturated rings. The molecule has 0 unspecified atom stereocenters. The minimum absolute atomic E-state index is 0.231. The van der Waals surface area contributed by atoms with Gasteiger partial charge in [-0.1, -0.05) is 18.2 Å². The summed E-state index contributed by atoms with van der Waals surface area (Å²) in [7, 11) is 4.60. The second-order valence-corrected chi connectivity index (χ2v) is 9.93. The van der Waals surface area contributed by atoms with E-state index < -0.39 is 12.3 Å². The van der Waals surface area contributed by atoms with Gasteiger partial charge in [0, 0.05) is 37.3 Å². The Morgan fingerprint density at radius 1 is 0.977 bits per heavy atom. The van der Waals surface area contributed by atoms with Crippen molar-refractivity contribution in [1.82, 2.24) is 9.88 Å². The van der Waals surface area contributed by atoms with E-state index >= 15 is 0 Å². The van der Waals surface area contributed by atoms with E-state index in [2.05, 4.69) is 15.0 Å². The lowest BCUT2D eigenvalue weighted by atomic mass is 10.1. The highest BCUT2D eigenvalue weighted by Crippen LogP contribution is 2.28. The van der Waals surface area contributed by atoms with Crippen molar-refractivity contribution in [2.75, 3.05) is 32.7 Å². The van der Waals surface area contributed by atoms with Crippen LogP contribution in [0.2, 0.25) is 0 Å². The molecule has 0 saturated heterocycles. The number of nitrogens with zero attached hydrogens (tertiary/aromatic N) is 3. The molecule has 3 amide bonds. The Morgan fingerprint density at radius 3 is 2.33 bits per heavy atom. The van der Waals surface area contributed by atoms with Crippen LogP contribution in [0.3, 0.4) is 0 Å². The standard InChI is InChI=1S/C30H29F3N4O5S/c1-36(21-8-5-4-6-9-21)28(39)34-16-7-17-37-25(20-10-12-22(13-11-20)42-30(31,32)33)19-43-29(37)35-27(38)24-15-14-23(40-2)18-26(24)41-3/h4-6,8-15,18-19H,7,16-17H2,1-3H3,(H,34,39)/b35-29-. The monoisotopic (exact) mass is 614 g/mol. The smallest absolute Gasteiger partial charge is 0.497 e. The van der Waals surface area contributed by atoms with Gasteiger partial charge in [-0.25, -0.2) is 4.79 Å². The lowest BCUT2D eigenvalue weighted by Crippen LogP contribution is -2.38. The van der Waals surface area contributed by atoms with E-state index in [0.29, 0.717) is 47.1 Å². The van der Waals surface area contributed by atoms with Crippen LogP contribution in [0.25, 0.3) is 11.3 Å². The molecule has 0 aliphatic carbocycles. The first-order chi connectivity index (χ1) is 20.6. The number of rotatable bonds is 10. The molecule has 1 N–H and O–H groups in total. The number of para-hydroxylation sites is 1. The minimum atomic E-state index is -4.81. The number of amides is 3. The Morgan fingerprint density at radius 2 is 1.67 bits per heavy atom. The fourth-order valence-corrected chi connectivity index (χ4v) is 5.07. The number of hydrogen-bond donors (Lipinski definition) is 1. The number of urea groups is 1. The second kappa shape index (κ2) is 13.9. The van der Waals surface area contributed by atoms with Crippen molar-refractivity contribution in [1.29, 1.82) is 0 Å². The largest absolute Gasteiger partial charge is 0.573 e. The zero-order chi connectivity index (χ0) is 31.0. The molecule has 1 heterocycles. The maximum absolute atomic E-state index is 13.2. The summed E-state index contributed by atoms with van der Waals surface area (Å²) < 4.78 is 54.3. The fourth-order valence-electron chi connectivity index (χ4n) is 4.14. The third-order valence-corrected chi connectivity index (χ3v) is 7.16. The van der Waals surface area contributed by atoms with Crippen LogP contribution in [-0.2, 0) is 6.54 Å². The van der Waals surface area contributed by atoms with Gasteiger partial charge in [0.25, 0.3) is 5.91 Å². The molecule has 4 rings (SSSR count). The number of carbonyl (C=O) groups excluding carboxylic acids is 2. The van der Waals surface area contributed by atoms with Gasteiger partial charge in [-0.05, 0) is 60.5 Å². The molecule has 0 aliphatic rings. The number of ether oxygens (including phenoxy) is 3. The van der Waals surface area contributed by atoms with Crippen molar-refractivity contribution in [3.8, 4) is 28.5 Å². The van der Waals surface area contributed by atoms with Crippen LogP contribution in [0.5, 0.6) is 17.2 Å². The quantitative estimate of drug-likeness (QED) is 0.218. The molecule has 43 heavy (non-hydrogen) atoms. The molecule has 0 atom stereocenters. The third kappa shape index (κ3) is 8.16. The predicted molar refractivity (Wildman–Crippen MR) is 157 cm³/mol. The average molecular weight is 615 g/mol. The molecule has 9 nitrogen and oxygen atoms in total. The maximum atomic E-state index is 13.2. The van der Waals surface area contributed by atoms with E-state index in [4.69, 9.17) is 9.47 Å². The predicted octanol–water partition coefficient (Wildman–Crippen LogP) is 6.11. The number of halogens is 3. The molecule has 0 spiro atoms. The van der Waals surface area contributed by atoms with Crippen LogP contribution < -0.4 is 29.2 Å². The van der Waals surface area contributed by atoms with Gasteiger partial charge in [0.1, 0.15) is 17.2 Å². The van der Waals surface area contributed by atoms with Crippen LogP contribution in [0, 0.1) is 0 Å². The first kappa shape index (κ1) is 31.2. The lowest BCUT2D eigenvalue weighted by Gasteiger charge is -2.18. The topological polar surface area (TPSA) is 94.4 Å². The molecular weight excluding hydrogens is 585 g/mol. The van der Waals surface area contributed by atoms with Gasteiger partial charge in [0.05, 0.1) is 25.5 Å². The van der Waals surface area contributed by atoms with Gasteiger partial charge >= 0.3 is 12.4 Å². The maximum Gasteiger partial charge on any atom is 0.573 e. The van der Waals surface area contributed by atoms with E-state index in [1.807, 2.05) is 30.3 Å². The number of thiazole rings is 1. The molecule has 3 aromatic carbocycles. The molecular formula is C30H29F3N4O5S. The Kier molecular flexibility index (Phi) is 10.1. The van der Waals surface area contributed by atoms with Gasteiger partial charge < -0.3 is 24.1 Å². The average Bonchev–Trinajstić information content (AvgIpc) is 3.40. The normalized spacial score (nSPS) is 11.6. The van der Waals surface area contributed by atoms with Crippen molar-refractivity contribution in [2.45, 2.75) is 19.3 Å². The van der Waals surface area contributed by atoms with Crippen LogP contribution in [0.15, 0.2) is 83.2 Å². The van der Waals surface area contributed by atoms with Gasteiger partial charge in [-0.2, -0.15) is 4.99 Å². The Bertz CT molecular complexity index is 1620. The Labute approximate surface area is 249 Å². The number of nitrogens with one attached hydrogen (secondary N) is 1. The molecule has 0 radical (unpaired) electrons. The molecule has 13 heteroatoms. The molecule has 0 aliphatic heterocycles. The van der Waals surface area contributed by atoms with Crippen LogP contribution in [0.4, 0.5) is 23.7 Å². The van der Waals surface area contributed by atoms with Crippen molar-refractivity contribution >= 4 is 29.0 Å². The van der Waals surface area contributed by atoms with Crippen molar-refractivity contribution in [2.24, 2.45) is 4.99 Å². The zero-order valence-corrected chi connectivity index (χ0v) is 24.4. The minimum Gasteiger partial charge on any atom is -0.497 e. The van der Waals surface area contributed by atoms with Gasteiger partial charge in [0.2, 0.25) is 0 Å². The molecule has 4 aromatic rings. The zero-order valence-electron chi connectivity index (χ0n) is 23.6. The summed E-state index contributed by atoms with van der Waals surface area (Å²) in [6.45, 7) is 0.664. The number of hydrogen-bond acceptors (Lipinski definition) is 6. The summed E-state index contributed by atoms with van der Waals surface area (Å²) in [5.41, 5.74) is 2.19. The fraction of sp³-hybridized carbons (Fsp3) is 0.233. The summed E-state index contributed by atoms with van der Waals surface area (Å²) in [6, 6.07) is 19.1. The highest BCUT2D eigenvalue weighted by molar-refractivity contribution is 7.07. The summed E-state index contributed by atoms with van der Waals surface area (Å²) in [6.07, 6.45) is -4.33. The van der Waals surface area contributed by atoms with Crippen molar-refractivity contribution in [3.05, 3.63) is 88.5 Å². The number of aromatic nitrogens is 1. The van der Waals surface area contributed by atoms with E-state index in [1.165, 1.54) is 54.7 Å². The third-order valence-electron chi connectivity index (χ3n) is 6.30. The molecule has 0 saturated carbocycles. The van der Waals surface area contributed by atoms with Gasteiger partial charge in [-0.3, -0.25) is 9.69 Å². The summed E-state index contributed by atoms with van der Waals surface area (Å²) in [5, 5.41) is 4.63. The second-order valence-electron chi connectivity index (χ2n) is 9.09. The van der Waals surface area contributed by atoms with E-state index in [9.17, 15) is 22.8 Å². The van der Waals surface area contributed by atoms with Crippen LogP contribution in [0.1, 0.15) is 16.8 Å². The van der Waals surface area contributed by atoms with Crippen molar-refractivity contribution < 1.29 is 37.0 Å². The van der Waals surface area contributed by atoms with E-state index in [0.717, 1.165) is 5.69 Å². The van der Waals surface area contributed by atoms with Crippen LogP contribution >= 0.6 is 11.3 Å². The molecule has 0 bridgehead atoms. The molecule has 226 valence electrons.